The van der Waals surface area contributed by atoms with Gasteiger partial charge in [0.15, 0.2) is 11.2 Å². The molecule has 0 saturated heterocycles. The molecule has 34 heavy (non-hydrogen) atoms. The van der Waals surface area contributed by atoms with Gasteiger partial charge in [-0.3, -0.25) is 4.79 Å². The van der Waals surface area contributed by atoms with Crippen molar-refractivity contribution in [2.24, 2.45) is 0 Å². The minimum absolute atomic E-state index is 0.225. The van der Waals surface area contributed by atoms with Crippen LogP contribution < -0.4 is 15.4 Å². The lowest BCUT2D eigenvalue weighted by Crippen LogP contribution is -2.47. The molecule has 2 N–H and O–H groups in total. The first-order chi connectivity index (χ1) is 16.4. The second kappa shape index (κ2) is 10.5. The largest absolute Gasteiger partial charge is 0.478 e. The van der Waals surface area contributed by atoms with Gasteiger partial charge in [0.1, 0.15) is 17.9 Å². The van der Waals surface area contributed by atoms with Crippen LogP contribution in [0.2, 0.25) is 5.02 Å². The molecule has 2 heterocycles. The van der Waals surface area contributed by atoms with Gasteiger partial charge in [-0.25, -0.2) is 14.6 Å². The molecule has 0 aliphatic carbocycles. The van der Waals surface area contributed by atoms with Gasteiger partial charge in [-0.2, -0.15) is 5.10 Å². The lowest BCUT2D eigenvalue weighted by atomic mass is 10.1. The van der Waals surface area contributed by atoms with Gasteiger partial charge in [0.2, 0.25) is 0 Å². The molecule has 176 valence electrons. The van der Waals surface area contributed by atoms with Gasteiger partial charge in [0, 0.05) is 18.1 Å². The number of ether oxygens (including phenoxy) is 1. The van der Waals surface area contributed by atoms with Crippen LogP contribution in [-0.2, 0) is 17.8 Å². The summed E-state index contributed by atoms with van der Waals surface area (Å²) in [5.41, 5.74) is 0.927. The molecule has 0 atom stereocenters. The van der Waals surface area contributed by atoms with E-state index < -0.39 is 5.60 Å². The SMILES string of the molecule is CC(C)(Oc1ccc(Cl)cc1)C(=O)NCCn1ncc2c(NCCc3ccccc3)ncnc21. The van der Waals surface area contributed by atoms with Gasteiger partial charge in [-0.1, -0.05) is 41.9 Å². The highest BCUT2D eigenvalue weighted by molar-refractivity contribution is 6.30. The molecule has 4 aromatic rings. The number of fused-ring (bicyclic) bond motifs is 1. The van der Waals surface area contributed by atoms with Crippen molar-refractivity contribution in [3.8, 4) is 5.75 Å². The van der Waals surface area contributed by atoms with E-state index >= 15 is 0 Å². The zero-order chi connectivity index (χ0) is 24.0. The first-order valence-electron chi connectivity index (χ1n) is 11.1. The van der Waals surface area contributed by atoms with Crippen LogP contribution in [-0.4, -0.2) is 44.3 Å². The monoisotopic (exact) mass is 478 g/mol. The van der Waals surface area contributed by atoms with E-state index in [4.69, 9.17) is 16.3 Å². The van der Waals surface area contributed by atoms with E-state index in [2.05, 4.69) is 37.8 Å². The Morgan fingerprint density at radius 3 is 2.59 bits per heavy atom. The molecule has 0 unspecified atom stereocenters. The fourth-order valence-electron chi connectivity index (χ4n) is 3.50. The Hall–Kier alpha value is -3.65. The Balaban J connectivity index is 1.32. The maximum atomic E-state index is 12.7. The van der Waals surface area contributed by atoms with Crippen molar-refractivity contribution in [1.29, 1.82) is 0 Å². The quantitative estimate of drug-likeness (QED) is 0.356. The van der Waals surface area contributed by atoms with Crippen molar-refractivity contribution in [3.63, 3.8) is 0 Å². The number of aromatic nitrogens is 4. The van der Waals surface area contributed by atoms with Crippen molar-refractivity contribution < 1.29 is 9.53 Å². The molecule has 0 aliphatic rings. The highest BCUT2D eigenvalue weighted by atomic mass is 35.5. The number of halogens is 1. The van der Waals surface area contributed by atoms with E-state index in [1.807, 2.05) is 18.2 Å². The van der Waals surface area contributed by atoms with Crippen molar-refractivity contribution in [2.45, 2.75) is 32.4 Å². The number of hydrogen-bond donors (Lipinski definition) is 2. The molecule has 0 spiro atoms. The zero-order valence-electron chi connectivity index (χ0n) is 19.2. The molecular formula is C25H27ClN6O2. The lowest BCUT2D eigenvalue weighted by molar-refractivity contribution is -0.134. The number of carbonyl (C=O) groups is 1. The molecule has 0 aliphatic heterocycles. The molecule has 9 heteroatoms. The van der Waals surface area contributed by atoms with Crippen LogP contribution in [0.3, 0.4) is 0 Å². The van der Waals surface area contributed by atoms with Gasteiger partial charge >= 0.3 is 0 Å². The molecule has 2 aromatic carbocycles. The summed E-state index contributed by atoms with van der Waals surface area (Å²) in [4.78, 5) is 21.4. The average Bonchev–Trinajstić information content (AvgIpc) is 3.25. The van der Waals surface area contributed by atoms with E-state index in [1.165, 1.54) is 11.9 Å². The van der Waals surface area contributed by atoms with E-state index in [0.29, 0.717) is 29.5 Å². The Labute approximate surface area is 203 Å². The summed E-state index contributed by atoms with van der Waals surface area (Å²) in [5.74, 6) is 1.09. The molecule has 0 fully saturated rings. The first kappa shape index (κ1) is 23.5. The predicted octanol–water partition coefficient (Wildman–Crippen LogP) is 4.11. The summed E-state index contributed by atoms with van der Waals surface area (Å²) >= 11 is 5.91. The topological polar surface area (TPSA) is 94.0 Å². The minimum Gasteiger partial charge on any atom is -0.478 e. The smallest absolute Gasteiger partial charge is 0.263 e. The fourth-order valence-corrected chi connectivity index (χ4v) is 3.63. The number of hydrogen-bond acceptors (Lipinski definition) is 6. The average molecular weight is 479 g/mol. The van der Waals surface area contributed by atoms with E-state index in [0.717, 1.165) is 24.2 Å². The number of rotatable bonds is 10. The molecule has 1 amide bonds. The summed E-state index contributed by atoms with van der Waals surface area (Å²) < 4.78 is 7.60. The highest BCUT2D eigenvalue weighted by Crippen LogP contribution is 2.21. The Morgan fingerprint density at radius 1 is 1.06 bits per heavy atom. The van der Waals surface area contributed by atoms with Crippen LogP contribution in [0.5, 0.6) is 5.75 Å². The van der Waals surface area contributed by atoms with Crippen molar-refractivity contribution in [1.82, 2.24) is 25.1 Å². The van der Waals surface area contributed by atoms with Crippen LogP contribution in [0.25, 0.3) is 11.0 Å². The molecule has 4 rings (SSSR count). The number of amides is 1. The van der Waals surface area contributed by atoms with Crippen molar-refractivity contribution in [2.75, 3.05) is 18.4 Å². The molecular weight excluding hydrogens is 452 g/mol. The van der Waals surface area contributed by atoms with Gasteiger partial charge in [0.05, 0.1) is 18.1 Å². The number of nitrogens with zero attached hydrogens (tertiary/aromatic N) is 4. The summed E-state index contributed by atoms with van der Waals surface area (Å²) in [6.45, 7) is 5.04. The maximum absolute atomic E-state index is 12.7. The van der Waals surface area contributed by atoms with Crippen LogP contribution in [0.4, 0.5) is 5.82 Å². The molecule has 2 aromatic heterocycles. The Morgan fingerprint density at radius 2 is 1.82 bits per heavy atom. The molecule has 8 nitrogen and oxygen atoms in total. The van der Waals surface area contributed by atoms with Gasteiger partial charge in [-0.15, -0.1) is 0 Å². The van der Waals surface area contributed by atoms with Crippen LogP contribution >= 0.6 is 11.6 Å². The van der Waals surface area contributed by atoms with E-state index in [9.17, 15) is 4.79 Å². The van der Waals surface area contributed by atoms with Crippen LogP contribution in [0, 0.1) is 0 Å². The van der Waals surface area contributed by atoms with Crippen LogP contribution in [0.15, 0.2) is 67.1 Å². The van der Waals surface area contributed by atoms with Gasteiger partial charge < -0.3 is 15.4 Å². The Kier molecular flexibility index (Phi) is 7.27. The third-order valence-corrected chi connectivity index (χ3v) is 5.58. The maximum Gasteiger partial charge on any atom is 0.263 e. The number of anilines is 1. The Bertz CT molecular complexity index is 1240. The molecule has 0 saturated carbocycles. The second-order valence-corrected chi connectivity index (χ2v) is 8.75. The summed E-state index contributed by atoms with van der Waals surface area (Å²) in [7, 11) is 0. The molecule has 0 bridgehead atoms. The van der Waals surface area contributed by atoms with Gasteiger partial charge in [-0.05, 0) is 50.1 Å². The number of benzene rings is 2. The summed E-state index contributed by atoms with van der Waals surface area (Å²) in [6, 6.07) is 17.2. The van der Waals surface area contributed by atoms with E-state index in [1.54, 1.807) is 49.0 Å². The fraction of sp³-hybridized carbons (Fsp3) is 0.280. The van der Waals surface area contributed by atoms with E-state index in [-0.39, 0.29) is 5.91 Å². The number of carbonyl (C=O) groups excluding carboxylic acids is 1. The second-order valence-electron chi connectivity index (χ2n) is 8.31. The summed E-state index contributed by atoms with van der Waals surface area (Å²) in [6.07, 6.45) is 4.16. The van der Waals surface area contributed by atoms with Crippen molar-refractivity contribution >= 4 is 34.4 Å². The standard InChI is InChI=1S/C25H27ClN6O2/c1-25(2,34-20-10-8-19(26)9-11-20)24(33)28-14-15-32-23-21(16-31-32)22(29-17-30-23)27-13-12-18-6-4-3-5-7-18/h3-11,16-17H,12-15H2,1-2H3,(H,28,33)(H,27,29,30). The lowest BCUT2D eigenvalue weighted by Gasteiger charge is -2.25. The minimum atomic E-state index is -1.04. The third-order valence-electron chi connectivity index (χ3n) is 5.33. The van der Waals surface area contributed by atoms with Crippen molar-refractivity contribution in [3.05, 3.63) is 77.7 Å². The number of nitrogens with one attached hydrogen (secondary N) is 2. The molecule has 0 radical (unpaired) electrons. The third kappa shape index (κ3) is 5.82. The normalized spacial score (nSPS) is 11.4. The summed E-state index contributed by atoms with van der Waals surface area (Å²) in [5, 5.41) is 12.2. The zero-order valence-corrected chi connectivity index (χ0v) is 19.9. The highest BCUT2D eigenvalue weighted by Gasteiger charge is 2.29. The van der Waals surface area contributed by atoms with Gasteiger partial charge in [0.25, 0.3) is 5.91 Å². The predicted molar refractivity (Wildman–Crippen MR) is 133 cm³/mol. The van der Waals surface area contributed by atoms with Crippen LogP contribution in [0.1, 0.15) is 19.4 Å². The first-order valence-corrected chi connectivity index (χ1v) is 11.5.